The number of rotatable bonds is 8. The summed E-state index contributed by atoms with van der Waals surface area (Å²) in [5, 5.41) is 6.07. The highest BCUT2D eigenvalue weighted by Gasteiger charge is 2.10. The summed E-state index contributed by atoms with van der Waals surface area (Å²) in [4.78, 5) is 14.5. The lowest BCUT2D eigenvalue weighted by atomic mass is 10.1. The van der Waals surface area contributed by atoms with Gasteiger partial charge in [0.1, 0.15) is 0 Å². The fraction of sp³-hybridized carbons (Fsp3) is 0.562. The Morgan fingerprint density at radius 1 is 1.25 bits per heavy atom. The van der Waals surface area contributed by atoms with Crippen LogP contribution in [0.4, 0.5) is 5.69 Å². The molecule has 0 atom stereocenters. The summed E-state index contributed by atoms with van der Waals surface area (Å²) >= 11 is 0. The number of likely N-dealkylation sites (N-methyl/N-ethyl adjacent to an activating group) is 1. The molecule has 1 aromatic carbocycles. The van der Waals surface area contributed by atoms with Crippen molar-refractivity contribution in [2.24, 2.45) is 0 Å². The second-order valence-corrected chi connectivity index (χ2v) is 4.99. The minimum absolute atomic E-state index is 0.0121. The molecule has 0 heterocycles. The van der Waals surface area contributed by atoms with Crippen molar-refractivity contribution >= 4 is 11.6 Å². The van der Waals surface area contributed by atoms with Crippen LogP contribution >= 0.6 is 0 Å². The summed E-state index contributed by atoms with van der Waals surface area (Å²) in [6, 6.07) is 5.83. The maximum atomic E-state index is 12.2. The third-order valence-electron chi connectivity index (χ3n) is 3.39. The predicted molar refractivity (Wildman–Crippen MR) is 85.5 cm³/mol. The zero-order valence-corrected chi connectivity index (χ0v) is 13.1. The smallest absolute Gasteiger partial charge is 0.253 e. The molecule has 0 aliphatic rings. The van der Waals surface area contributed by atoms with Crippen LogP contribution in [0.25, 0.3) is 0 Å². The summed E-state index contributed by atoms with van der Waals surface area (Å²) in [5.41, 5.74) is 2.73. The molecule has 4 nitrogen and oxygen atoms in total. The van der Waals surface area contributed by atoms with Crippen molar-refractivity contribution in [1.29, 1.82) is 0 Å². The Kier molecular flexibility index (Phi) is 7.09. The first kappa shape index (κ1) is 16.5. The van der Waals surface area contributed by atoms with Crippen LogP contribution in [-0.2, 0) is 0 Å². The van der Waals surface area contributed by atoms with Crippen LogP contribution in [-0.4, -0.2) is 44.0 Å². The lowest BCUT2D eigenvalue weighted by Gasteiger charge is -2.19. The molecule has 1 amide bonds. The largest absolute Gasteiger partial charge is 0.387 e. The van der Waals surface area contributed by atoms with Gasteiger partial charge >= 0.3 is 0 Å². The van der Waals surface area contributed by atoms with Crippen LogP contribution < -0.4 is 10.6 Å². The standard InChI is InChI=1S/C16H27N3O/c1-5-10-19(6-2)11-9-18-16(20)14-8-7-13(3)12-15(14)17-4/h7-8,12,17H,5-6,9-11H2,1-4H3,(H,18,20). The van der Waals surface area contributed by atoms with Crippen molar-refractivity contribution in [3.8, 4) is 0 Å². The molecule has 0 radical (unpaired) electrons. The number of aryl methyl sites for hydroxylation is 1. The van der Waals surface area contributed by atoms with Crippen molar-refractivity contribution in [2.45, 2.75) is 27.2 Å². The number of hydrogen-bond acceptors (Lipinski definition) is 3. The van der Waals surface area contributed by atoms with E-state index in [2.05, 4.69) is 29.4 Å². The topological polar surface area (TPSA) is 44.4 Å². The number of amides is 1. The second-order valence-electron chi connectivity index (χ2n) is 4.99. The van der Waals surface area contributed by atoms with E-state index in [4.69, 9.17) is 0 Å². The lowest BCUT2D eigenvalue weighted by Crippen LogP contribution is -2.35. The molecule has 0 saturated carbocycles. The van der Waals surface area contributed by atoms with Crippen molar-refractivity contribution in [2.75, 3.05) is 38.5 Å². The van der Waals surface area contributed by atoms with Gasteiger partial charge in [-0.05, 0) is 44.1 Å². The predicted octanol–water partition coefficient (Wildman–Crippen LogP) is 2.50. The number of hydrogen-bond donors (Lipinski definition) is 2. The van der Waals surface area contributed by atoms with E-state index in [1.807, 2.05) is 32.2 Å². The van der Waals surface area contributed by atoms with Gasteiger partial charge in [-0.25, -0.2) is 0 Å². The molecule has 2 N–H and O–H groups in total. The van der Waals surface area contributed by atoms with Crippen molar-refractivity contribution in [1.82, 2.24) is 10.2 Å². The summed E-state index contributed by atoms with van der Waals surface area (Å²) in [6.45, 7) is 10.0. The van der Waals surface area contributed by atoms with E-state index in [1.165, 1.54) is 0 Å². The minimum Gasteiger partial charge on any atom is -0.387 e. The molecule has 0 aromatic heterocycles. The molecule has 0 spiro atoms. The molecular weight excluding hydrogens is 250 g/mol. The van der Waals surface area contributed by atoms with Crippen molar-refractivity contribution in [3.05, 3.63) is 29.3 Å². The van der Waals surface area contributed by atoms with Gasteiger partial charge in [0.2, 0.25) is 0 Å². The highest BCUT2D eigenvalue weighted by molar-refractivity contribution is 5.99. The van der Waals surface area contributed by atoms with Crippen LogP contribution in [0.3, 0.4) is 0 Å². The molecule has 0 aliphatic heterocycles. The highest BCUT2D eigenvalue weighted by atomic mass is 16.1. The molecular formula is C16H27N3O. The second kappa shape index (κ2) is 8.59. The minimum atomic E-state index is -0.0121. The van der Waals surface area contributed by atoms with Gasteiger partial charge in [0, 0.05) is 25.8 Å². The summed E-state index contributed by atoms with van der Waals surface area (Å²) < 4.78 is 0. The van der Waals surface area contributed by atoms with Crippen LogP contribution in [0.5, 0.6) is 0 Å². The molecule has 20 heavy (non-hydrogen) atoms. The van der Waals surface area contributed by atoms with Crippen LogP contribution in [0, 0.1) is 6.92 Å². The molecule has 0 bridgehead atoms. The Morgan fingerprint density at radius 2 is 2.00 bits per heavy atom. The quantitative estimate of drug-likeness (QED) is 0.767. The molecule has 112 valence electrons. The molecule has 4 heteroatoms. The van der Waals surface area contributed by atoms with Gasteiger partial charge in [0.05, 0.1) is 5.56 Å². The molecule has 0 unspecified atom stereocenters. The molecule has 1 aromatic rings. The van der Waals surface area contributed by atoms with Crippen LogP contribution in [0.1, 0.15) is 36.2 Å². The monoisotopic (exact) mass is 277 g/mol. The number of carbonyl (C=O) groups is 1. The average molecular weight is 277 g/mol. The summed E-state index contributed by atoms with van der Waals surface area (Å²) in [6.07, 6.45) is 1.14. The molecule has 1 rings (SSSR count). The Morgan fingerprint density at radius 3 is 2.60 bits per heavy atom. The Labute approximate surface area is 122 Å². The number of benzene rings is 1. The van der Waals surface area contributed by atoms with Gasteiger partial charge in [-0.1, -0.05) is 19.9 Å². The maximum Gasteiger partial charge on any atom is 0.253 e. The van der Waals surface area contributed by atoms with E-state index in [0.717, 1.165) is 37.3 Å². The van der Waals surface area contributed by atoms with Gasteiger partial charge in [-0.3, -0.25) is 4.79 Å². The third-order valence-corrected chi connectivity index (χ3v) is 3.39. The molecule has 0 aliphatic carbocycles. The van der Waals surface area contributed by atoms with Gasteiger partial charge in [-0.15, -0.1) is 0 Å². The van der Waals surface area contributed by atoms with E-state index in [-0.39, 0.29) is 5.91 Å². The van der Waals surface area contributed by atoms with E-state index >= 15 is 0 Å². The number of carbonyl (C=O) groups excluding carboxylic acids is 1. The Bertz CT molecular complexity index is 432. The molecule has 0 fully saturated rings. The Hall–Kier alpha value is -1.55. The molecule has 0 saturated heterocycles. The van der Waals surface area contributed by atoms with Crippen molar-refractivity contribution in [3.63, 3.8) is 0 Å². The van der Waals surface area contributed by atoms with E-state index in [1.54, 1.807) is 0 Å². The van der Waals surface area contributed by atoms with Gasteiger partial charge < -0.3 is 15.5 Å². The zero-order chi connectivity index (χ0) is 15.0. The van der Waals surface area contributed by atoms with Crippen molar-refractivity contribution < 1.29 is 4.79 Å². The fourth-order valence-electron chi connectivity index (χ4n) is 2.23. The average Bonchev–Trinajstić information content (AvgIpc) is 2.45. The van der Waals surface area contributed by atoms with Gasteiger partial charge in [0.25, 0.3) is 5.91 Å². The summed E-state index contributed by atoms with van der Waals surface area (Å²) in [7, 11) is 1.84. The fourth-order valence-corrected chi connectivity index (χ4v) is 2.23. The highest BCUT2D eigenvalue weighted by Crippen LogP contribution is 2.16. The number of nitrogens with zero attached hydrogens (tertiary/aromatic N) is 1. The first-order chi connectivity index (χ1) is 9.62. The summed E-state index contributed by atoms with van der Waals surface area (Å²) in [5.74, 6) is -0.0121. The number of anilines is 1. The van der Waals surface area contributed by atoms with E-state index in [9.17, 15) is 4.79 Å². The maximum absolute atomic E-state index is 12.2. The number of nitrogens with one attached hydrogen (secondary N) is 2. The van der Waals surface area contributed by atoms with Crippen LogP contribution in [0.15, 0.2) is 18.2 Å². The van der Waals surface area contributed by atoms with E-state index < -0.39 is 0 Å². The van der Waals surface area contributed by atoms with Gasteiger partial charge in [0.15, 0.2) is 0 Å². The Balaban J connectivity index is 2.54. The van der Waals surface area contributed by atoms with Gasteiger partial charge in [-0.2, -0.15) is 0 Å². The lowest BCUT2D eigenvalue weighted by molar-refractivity contribution is 0.0949. The third kappa shape index (κ3) is 4.85. The zero-order valence-electron chi connectivity index (χ0n) is 13.1. The van der Waals surface area contributed by atoms with E-state index in [0.29, 0.717) is 12.1 Å². The first-order valence-electron chi connectivity index (χ1n) is 7.41. The normalized spacial score (nSPS) is 10.7. The first-order valence-corrected chi connectivity index (χ1v) is 7.41. The van der Waals surface area contributed by atoms with Crippen LogP contribution in [0.2, 0.25) is 0 Å². The SMILES string of the molecule is CCCN(CC)CCNC(=O)c1ccc(C)cc1NC.